The minimum absolute atomic E-state index is 0.0681. The van der Waals surface area contributed by atoms with E-state index in [2.05, 4.69) is 10.3 Å². The van der Waals surface area contributed by atoms with Crippen LogP contribution in [0.25, 0.3) is 0 Å². The molecule has 1 amide bonds. The topological polar surface area (TPSA) is 77.2 Å². The summed E-state index contributed by atoms with van der Waals surface area (Å²) in [4.78, 5) is 15.9. The molecule has 1 aromatic carbocycles. The Kier molecular flexibility index (Phi) is 5.15. The lowest BCUT2D eigenvalue weighted by Gasteiger charge is -2.09. The number of carbonyl (C=O) groups excluding carboxylic acids is 1. The molecule has 0 aliphatic heterocycles. The molecular weight excluding hydrogens is 266 g/mol. The SMILES string of the molecule is Cc1cccnc1NC(=O)CCCOc1ccccc1N. The van der Waals surface area contributed by atoms with E-state index in [9.17, 15) is 4.79 Å². The van der Waals surface area contributed by atoms with Crippen molar-refractivity contribution in [1.82, 2.24) is 4.98 Å². The van der Waals surface area contributed by atoms with Gasteiger partial charge in [-0.25, -0.2) is 4.98 Å². The number of aromatic nitrogens is 1. The van der Waals surface area contributed by atoms with E-state index in [1.807, 2.05) is 37.3 Å². The molecule has 3 N–H and O–H groups in total. The van der Waals surface area contributed by atoms with Gasteiger partial charge in [-0.2, -0.15) is 0 Å². The number of nitrogen functional groups attached to an aromatic ring is 1. The van der Waals surface area contributed by atoms with Crippen molar-refractivity contribution in [3.05, 3.63) is 48.2 Å². The number of anilines is 2. The standard InChI is InChI=1S/C16H19N3O2/c1-12-6-4-10-18-16(12)19-15(20)9-5-11-21-14-8-3-2-7-13(14)17/h2-4,6-8,10H,5,9,11,17H2,1H3,(H,18,19,20). The van der Waals surface area contributed by atoms with Gasteiger partial charge in [0.15, 0.2) is 0 Å². The van der Waals surface area contributed by atoms with E-state index in [4.69, 9.17) is 10.5 Å². The van der Waals surface area contributed by atoms with Crippen molar-refractivity contribution in [2.45, 2.75) is 19.8 Å². The summed E-state index contributed by atoms with van der Waals surface area (Å²) >= 11 is 0. The van der Waals surface area contributed by atoms with Crippen LogP contribution in [-0.4, -0.2) is 17.5 Å². The number of rotatable bonds is 6. The number of aryl methyl sites for hydroxylation is 1. The van der Waals surface area contributed by atoms with E-state index in [0.29, 0.717) is 36.7 Å². The molecule has 0 radical (unpaired) electrons. The Balaban J connectivity index is 1.73. The van der Waals surface area contributed by atoms with Gasteiger partial charge in [0.05, 0.1) is 12.3 Å². The van der Waals surface area contributed by atoms with Gasteiger partial charge in [-0.05, 0) is 37.1 Å². The molecule has 0 saturated heterocycles. The van der Waals surface area contributed by atoms with E-state index >= 15 is 0 Å². The molecule has 0 aliphatic rings. The smallest absolute Gasteiger partial charge is 0.225 e. The Morgan fingerprint density at radius 1 is 1.29 bits per heavy atom. The zero-order chi connectivity index (χ0) is 15.1. The highest BCUT2D eigenvalue weighted by molar-refractivity contribution is 5.90. The van der Waals surface area contributed by atoms with Gasteiger partial charge in [0.1, 0.15) is 11.6 Å². The van der Waals surface area contributed by atoms with E-state index in [-0.39, 0.29) is 5.91 Å². The summed E-state index contributed by atoms with van der Waals surface area (Å²) < 4.78 is 5.54. The van der Waals surface area contributed by atoms with Crippen molar-refractivity contribution in [1.29, 1.82) is 0 Å². The third-order valence-electron chi connectivity index (χ3n) is 2.99. The van der Waals surface area contributed by atoms with Crippen molar-refractivity contribution in [3.8, 4) is 5.75 Å². The molecule has 2 aromatic rings. The maximum atomic E-state index is 11.8. The highest BCUT2D eigenvalue weighted by Gasteiger charge is 2.06. The van der Waals surface area contributed by atoms with Gasteiger partial charge < -0.3 is 15.8 Å². The average Bonchev–Trinajstić information content (AvgIpc) is 2.48. The van der Waals surface area contributed by atoms with Crippen LogP contribution in [0.4, 0.5) is 11.5 Å². The second kappa shape index (κ2) is 7.28. The molecule has 0 saturated carbocycles. The molecule has 2 rings (SSSR count). The second-order valence-corrected chi connectivity index (χ2v) is 4.71. The molecular formula is C16H19N3O2. The van der Waals surface area contributed by atoms with E-state index in [1.165, 1.54) is 0 Å². The Hall–Kier alpha value is -2.56. The van der Waals surface area contributed by atoms with Crippen molar-refractivity contribution < 1.29 is 9.53 Å². The molecule has 5 nitrogen and oxygen atoms in total. The number of amides is 1. The van der Waals surface area contributed by atoms with Crippen molar-refractivity contribution in [2.75, 3.05) is 17.7 Å². The normalized spacial score (nSPS) is 10.1. The molecule has 0 spiro atoms. The van der Waals surface area contributed by atoms with Crippen LogP contribution in [-0.2, 0) is 4.79 Å². The van der Waals surface area contributed by atoms with Gasteiger partial charge in [-0.15, -0.1) is 0 Å². The third-order valence-corrected chi connectivity index (χ3v) is 2.99. The van der Waals surface area contributed by atoms with Gasteiger partial charge in [0.25, 0.3) is 0 Å². The number of nitrogens with zero attached hydrogens (tertiary/aromatic N) is 1. The molecule has 1 heterocycles. The number of pyridine rings is 1. The van der Waals surface area contributed by atoms with Crippen LogP contribution in [0.5, 0.6) is 5.75 Å². The third kappa shape index (κ3) is 4.49. The van der Waals surface area contributed by atoms with Crippen molar-refractivity contribution >= 4 is 17.4 Å². The fourth-order valence-electron chi connectivity index (χ4n) is 1.84. The quantitative estimate of drug-likeness (QED) is 0.632. The number of para-hydroxylation sites is 2. The van der Waals surface area contributed by atoms with Gasteiger partial charge in [0.2, 0.25) is 5.91 Å². The van der Waals surface area contributed by atoms with Gasteiger partial charge in [-0.1, -0.05) is 18.2 Å². The summed E-state index contributed by atoms with van der Waals surface area (Å²) in [7, 11) is 0. The van der Waals surface area contributed by atoms with Crippen LogP contribution < -0.4 is 15.8 Å². The summed E-state index contributed by atoms with van der Waals surface area (Å²) in [5.74, 6) is 1.19. The number of hydrogen-bond donors (Lipinski definition) is 2. The maximum Gasteiger partial charge on any atom is 0.225 e. The zero-order valence-corrected chi connectivity index (χ0v) is 12.0. The summed E-state index contributed by atoms with van der Waals surface area (Å²) in [6.07, 6.45) is 2.65. The van der Waals surface area contributed by atoms with Crippen LogP contribution in [0.15, 0.2) is 42.6 Å². The van der Waals surface area contributed by atoms with Crippen LogP contribution >= 0.6 is 0 Å². The van der Waals surface area contributed by atoms with Gasteiger partial charge in [-0.3, -0.25) is 4.79 Å². The predicted octanol–water partition coefficient (Wildman–Crippen LogP) is 2.77. The van der Waals surface area contributed by atoms with Crippen LogP contribution in [0.1, 0.15) is 18.4 Å². The lowest BCUT2D eigenvalue weighted by Crippen LogP contribution is -2.14. The molecule has 0 fully saturated rings. The molecule has 5 heteroatoms. The Labute approximate surface area is 124 Å². The monoisotopic (exact) mass is 285 g/mol. The number of benzene rings is 1. The lowest BCUT2D eigenvalue weighted by molar-refractivity contribution is -0.116. The first-order valence-corrected chi connectivity index (χ1v) is 6.85. The molecule has 110 valence electrons. The van der Waals surface area contributed by atoms with Crippen molar-refractivity contribution in [3.63, 3.8) is 0 Å². The van der Waals surface area contributed by atoms with Gasteiger partial charge >= 0.3 is 0 Å². The first kappa shape index (κ1) is 14.8. The molecule has 0 aliphatic carbocycles. The minimum Gasteiger partial charge on any atom is -0.491 e. The largest absolute Gasteiger partial charge is 0.491 e. The first-order valence-electron chi connectivity index (χ1n) is 6.85. The number of carbonyl (C=O) groups is 1. The number of ether oxygens (including phenoxy) is 1. The predicted molar refractivity (Wildman–Crippen MR) is 83.2 cm³/mol. The highest BCUT2D eigenvalue weighted by Crippen LogP contribution is 2.19. The number of nitrogens with two attached hydrogens (primary N) is 1. The number of hydrogen-bond acceptors (Lipinski definition) is 4. The van der Waals surface area contributed by atoms with Crippen LogP contribution in [0.3, 0.4) is 0 Å². The average molecular weight is 285 g/mol. The highest BCUT2D eigenvalue weighted by atomic mass is 16.5. The van der Waals surface area contributed by atoms with Crippen LogP contribution in [0.2, 0.25) is 0 Å². The molecule has 0 unspecified atom stereocenters. The Morgan fingerprint density at radius 2 is 2.10 bits per heavy atom. The van der Waals surface area contributed by atoms with Crippen LogP contribution in [0, 0.1) is 6.92 Å². The second-order valence-electron chi connectivity index (χ2n) is 4.71. The summed E-state index contributed by atoms with van der Waals surface area (Å²) in [5, 5.41) is 2.79. The zero-order valence-electron chi connectivity index (χ0n) is 12.0. The lowest BCUT2D eigenvalue weighted by atomic mass is 10.2. The summed E-state index contributed by atoms with van der Waals surface area (Å²) in [5.41, 5.74) is 7.32. The Bertz CT molecular complexity index is 614. The van der Waals surface area contributed by atoms with E-state index in [1.54, 1.807) is 12.3 Å². The van der Waals surface area contributed by atoms with E-state index < -0.39 is 0 Å². The number of nitrogens with one attached hydrogen (secondary N) is 1. The summed E-state index contributed by atoms with van der Waals surface area (Å²) in [6, 6.07) is 11.1. The molecule has 0 atom stereocenters. The van der Waals surface area contributed by atoms with Gasteiger partial charge in [0, 0.05) is 12.6 Å². The minimum atomic E-state index is -0.0681. The molecule has 1 aromatic heterocycles. The summed E-state index contributed by atoms with van der Waals surface area (Å²) in [6.45, 7) is 2.35. The first-order chi connectivity index (χ1) is 10.2. The fraction of sp³-hybridized carbons (Fsp3) is 0.250. The molecule has 21 heavy (non-hydrogen) atoms. The van der Waals surface area contributed by atoms with Crippen molar-refractivity contribution in [2.24, 2.45) is 0 Å². The van der Waals surface area contributed by atoms with E-state index in [0.717, 1.165) is 5.56 Å². The molecule has 0 bridgehead atoms. The fourth-order valence-corrected chi connectivity index (χ4v) is 1.84. The Morgan fingerprint density at radius 3 is 2.86 bits per heavy atom. The maximum absolute atomic E-state index is 11.8.